The summed E-state index contributed by atoms with van der Waals surface area (Å²) < 4.78 is 0. The second-order valence-corrected chi connectivity index (χ2v) is 8.13. The lowest BCUT2D eigenvalue weighted by Crippen LogP contribution is -2.02. The standard InChI is InChI=1S/C23H49N/c1-3-4-5-6-7-8-9-10-11-12-13-14-15-16-17-18-20-23(2)21-19-22-24/h23H,3-22,24H2,1-2H3. The molecule has 1 nitrogen and oxygen atoms in total. The van der Waals surface area contributed by atoms with Crippen molar-refractivity contribution in [3.63, 3.8) is 0 Å². The predicted octanol–water partition coefficient (Wildman–Crippen LogP) is 8.01. The van der Waals surface area contributed by atoms with E-state index in [4.69, 9.17) is 5.73 Å². The molecule has 0 aromatic carbocycles. The first-order valence-corrected chi connectivity index (χ1v) is 11.5. The van der Waals surface area contributed by atoms with Crippen molar-refractivity contribution < 1.29 is 0 Å². The molecule has 1 unspecified atom stereocenters. The molecule has 0 aliphatic carbocycles. The van der Waals surface area contributed by atoms with E-state index in [1.54, 1.807) is 0 Å². The van der Waals surface area contributed by atoms with Crippen molar-refractivity contribution >= 4 is 0 Å². The number of rotatable bonds is 20. The largest absolute Gasteiger partial charge is 0.330 e. The Morgan fingerprint density at radius 3 is 1.21 bits per heavy atom. The number of nitrogens with two attached hydrogens (primary N) is 1. The van der Waals surface area contributed by atoms with E-state index < -0.39 is 0 Å². The van der Waals surface area contributed by atoms with Gasteiger partial charge in [0.25, 0.3) is 0 Å². The van der Waals surface area contributed by atoms with Gasteiger partial charge in [-0.15, -0.1) is 0 Å². The SMILES string of the molecule is CCCCCCCCCCCCCCCCCCC(C)CCCN. The van der Waals surface area contributed by atoms with E-state index in [1.807, 2.05) is 0 Å². The van der Waals surface area contributed by atoms with Crippen LogP contribution in [0.3, 0.4) is 0 Å². The Hall–Kier alpha value is -0.0400. The highest BCUT2D eigenvalue weighted by Gasteiger charge is 2.01. The molecule has 0 aliphatic heterocycles. The molecule has 0 aromatic rings. The minimum absolute atomic E-state index is 0.864. The van der Waals surface area contributed by atoms with Gasteiger partial charge in [0.15, 0.2) is 0 Å². The molecule has 0 aromatic heterocycles. The molecule has 0 saturated carbocycles. The molecular formula is C23H49N. The first kappa shape index (κ1) is 24.0. The van der Waals surface area contributed by atoms with Crippen molar-refractivity contribution in [2.24, 2.45) is 11.7 Å². The monoisotopic (exact) mass is 339 g/mol. The molecule has 1 heteroatoms. The van der Waals surface area contributed by atoms with E-state index in [9.17, 15) is 0 Å². The number of hydrogen-bond donors (Lipinski definition) is 1. The number of unbranched alkanes of at least 4 members (excludes halogenated alkanes) is 15. The summed E-state index contributed by atoms with van der Waals surface area (Å²) in [6.07, 6.45) is 27.3. The number of hydrogen-bond acceptors (Lipinski definition) is 1. The average molecular weight is 340 g/mol. The summed E-state index contributed by atoms with van der Waals surface area (Å²) in [5, 5.41) is 0. The highest BCUT2D eigenvalue weighted by atomic mass is 14.5. The Bertz CT molecular complexity index is 214. The molecule has 0 aliphatic rings. The van der Waals surface area contributed by atoms with Crippen molar-refractivity contribution in [2.45, 2.75) is 136 Å². The summed E-state index contributed by atoms with van der Waals surface area (Å²) in [4.78, 5) is 0. The molecule has 0 amide bonds. The normalized spacial score (nSPS) is 12.6. The zero-order chi connectivity index (χ0) is 17.7. The molecule has 2 N–H and O–H groups in total. The van der Waals surface area contributed by atoms with Gasteiger partial charge in [-0.05, 0) is 25.3 Å². The highest BCUT2D eigenvalue weighted by molar-refractivity contribution is 4.55. The fourth-order valence-corrected chi connectivity index (χ4v) is 3.65. The van der Waals surface area contributed by atoms with Gasteiger partial charge >= 0.3 is 0 Å². The van der Waals surface area contributed by atoms with Crippen molar-refractivity contribution in [3.8, 4) is 0 Å². The van der Waals surface area contributed by atoms with Gasteiger partial charge in [0, 0.05) is 0 Å². The Balaban J connectivity index is 3.02. The molecule has 0 bridgehead atoms. The summed E-state index contributed by atoms with van der Waals surface area (Å²) in [5.41, 5.74) is 5.57. The van der Waals surface area contributed by atoms with E-state index in [0.717, 1.165) is 12.5 Å². The summed E-state index contributed by atoms with van der Waals surface area (Å²) in [6, 6.07) is 0. The minimum atomic E-state index is 0.864. The van der Waals surface area contributed by atoms with Crippen LogP contribution in [0, 0.1) is 5.92 Å². The molecule has 0 spiro atoms. The molecular weight excluding hydrogens is 290 g/mol. The van der Waals surface area contributed by atoms with Crippen LogP contribution in [0.15, 0.2) is 0 Å². The predicted molar refractivity (Wildman–Crippen MR) is 112 cm³/mol. The van der Waals surface area contributed by atoms with Gasteiger partial charge < -0.3 is 5.73 Å². The van der Waals surface area contributed by atoms with Gasteiger partial charge in [-0.1, -0.05) is 123 Å². The van der Waals surface area contributed by atoms with Crippen molar-refractivity contribution in [1.29, 1.82) is 0 Å². The molecule has 24 heavy (non-hydrogen) atoms. The van der Waals surface area contributed by atoms with Crippen LogP contribution in [0.4, 0.5) is 0 Å². The van der Waals surface area contributed by atoms with Crippen molar-refractivity contribution in [1.82, 2.24) is 0 Å². The molecule has 0 radical (unpaired) electrons. The summed E-state index contributed by atoms with van der Waals surface area (Å²) >= 11 is 0. The van der Waals surface area contributed by atoms with Crippen LogP contribution in [0.5, 0.6) is 0 Å². The molecule has 0 saturated heterocycles. The van der Waals surface area contributed by atoms with E-state index in [0.29, 0.717) is 0 Å². The summed E-state index contributed by atoms with van der Waals surface area (Å²) in [7, 11) is 0. The summed E-state index contributed by atoms with van der Waals surface area (Å²) in [6.45, 7) is 5.55. The highest BCUT2D eigenvalue weighted by Crippen LogP contribution is 2.17. The lowest BCUT2D eigenvalue weighted by atomic mass is 9.97. The fraction of sp³-hybridized carbons (Fsp3) is 1.00. The lowest BCUT2D eigenvalue weighted by molar-refractivity contribution is 0.445. The van der Waals surface area contributed by atoms with Gasteiger partial charge in [-0.3, -0.25) is 0 Å². The quantitative estimate of drug-likeness (QED) is 0.223. The van der Waals surface area contributed by atoms with Crippen molar-refractivity contribution in [3.05, 3.63) is 0 Å². The third-order valence-corrected chi connectivity index (χ3v) is 5.45. The van der Waals surface area contributed by atoms with E-state index in [1.165, 1.54) is 122 Å². The average Bonchev–Trinajstić information content (AvgIpc) is 2.59. The molecule has 0 rings (SSSR count). The second-order valence-electron chi connectivity index (χ2n) is 8.13. The van der Waals surface area contributed by atoms with Crippen LogP contribution in [0.2, 0.25) is 0 Å². The Labute approximate surface area is 154 Å². The van der Waals surface area contributed by atoms with Crippen LogP contribution in [0.25, 0.3) is 0 Å². The van der Waals surface area contributed by atoms with E-state index in [-0.39, 0.29) is 0 Å². The first-order chi connectivity index (χ1) is 11.8. The van der Waals surface area contributed by atoms with Crippen LogP contribution in [0.1, 0.15) is 136 Å². The second kappa shape index (κ2) is 21.0. The van der Waals surface area contributed by atoms with Gasteiger partial charge in [-0.25, -0.2) is 0 Å². The van der Waals surface area contributed by atoms with Gasteiger partial charge in [-0.2, -0.15) is 0 Å². The molecule has 0 fully saturated rings. The third kappa shape index (κ3) is 20.0. The maximum atomic E-state index is 5.57. The molecule has 0 heterocycles. The summed E-state index contributed by atoms with van der Waals surface area (Å²) in [5.74, 6) is 0.889. The smallest absolute Gasteiger partial charge is 0.00772 e. The third-order valence-electron chi connectivity index (χ3n) is 5.45. The van der Waals surface area contributed by atoms with E-state index in [2.05, 4.69) is 13.8 Å². The Morgan fingerprint density at radius 2 is 0.833 bits per heavy atom. The zero-order valence-electron chi connectivity index (χ0n) is 17.3. The van der Waals surface area contributed by atoms with Crippen LogP contribution in [-0.2, 0) is 0 Å². The van der Waals surface area contributed by atoms with E-state index >= 15 is 0 Å². The van der Waals surface area contributed by atoms with Crippen LogP contribution < -0.4 is 5.73 Å². The Kier molecular flexibility index (Phi) is 21.0. The molecule has 146 valence electrons. The maximum absolute atomic E-state index is 5.57. The zero-order valence-corrected chi connectivity index (χ0v) is 17.3. The topological polar surface area (TPSA) is 26.0 Å². The lowest BCUT2D eigenvalue weighted by Gasteiger charge is -2.10. The minimum Gasteiger partial charge on any atom is -0.330 e. The Morgan fingerprint density at radius 1 is 0.500 bits per heavy atom. The van der Waals surface area contributed by atoms with Gasteiger partial charge in [0.1, 0.15) is 0 Å². The van der Waals surface area contributed by atoms with Crippen molar-refractivity contribution in [2.75, 3.05) is 6.54 Å². The van der Waals surface area contributed by atoms with Gasteiger partial charge in [0.2, 0.25) is 0 Å². The fourth-order valence-electron chi connectivity index (χ4n) is 3.65. The van der Waals surface area contributed by atoms with Crippen LogP contribution in [-0.4, -0.2) is 6.54 Å². The molecule has 1 atom stereocenters. The van der Waals surface area contributed by atoms with Crippen LogP contribution >= 0.6 is 0 Å². The van der Waals surface area contributed by atoms with Gasteiger partial charge in [0.05, 0.1) is 0 Å². The first-order valence-electron chi connectivity index (χ1n) is 11.5. The maximum Gasteiger partial charge on any atom is -0.00772 e.